The Morgan fingerprint density at radius 3 is 2.83 bits per heavy atom. The maximum Gasteiger partial charge on any atom is 0.188 e. The van der Waals surface area contributed by atoms with Crippen molar-refractivity contribution in [2.24, 2.45) is 0 Å². The zero-order valence-electron chi connectivity index (χ0n) is 9.13. The number of rotatable bonds is 3. The third-order valence-corrected chi connectivity index (χ3v) is 4.63. The first-order valence-corrected chi connectivity index (χ1v) is 7.69. The van der Waals surface area contributed by atoms with Gasteiger partial charge in [0.25, 0.3) is 0 Å². The normalized spacial score (nSPS) is 10.5. The van der Waals surface area contributed by atoms with Crippen LogP contribution in [-0.2, 0) is 0 Å². The lowest BCUT2D eigenvalue weighted by atomic mass is 10.4. The van der Waals surface area contributed by atoms with E-state index in [9.17, 15) is 0 Å². The number of pyridine rings is 1. The van der Waals surface area contributed by atoms with Crippen LogP contribution in [0.15, 0.2) is 45.7 Å². The van der Waals surface area contributed by atoms with Gasteiger partial charge in [-0.15, -0.1) is 22.7 Å². The second kappa shape index (κ2) is 5.17. The minimum Gasteiger partial charge on any atom is -0.316 e. The number of anilines is 2. The standard InChI is InChI=1S/C12H8BrN3S2/c13-10-5-4-9(18-10)8-7-17-12(15-8)16-11-3-1-2-6-14-11/h1-7H,(H,14,15,16). The molecule has 0 aromatic carbocycles. The zero-order chi connectivity index (χ0) is 12.4. The van der Waals surface area contributed by atoms with E-state index in [0.717, 1.165) is 25.3 Å². The third-order valence-electron chi connectivity index (χ3n) is 2.23. The van der Waals surface area contributed by atoms with Gasteiger partial charge in [-0.2, -0.15) is 0 Å². The van der Waals surface area contributed by atoms with Crippen molar-refractivity contribution in [1.82, 2.24) is 9.97 Å². The largest absolute Gasteiger partial charge is 0.316 e. The molecule has 0 spiro atoms. The number of hydrogen-bond donors (Lipinski definition) is 1. The Hall–Kier alpha value is -1.24. The summed E-state index contributed by atoms with van der Waals surface area (Å²) in [7, 11) is 0. The minimum absolute atomic E-state index is 0.811. The number of aromatic nitrogens is 2. The lowest BCUT2D eigenvalue weighted by Crippen LogP contribution is -1.91. The fourth-order valence-corrected chi connectivity index (χ4v) is 3.58. The number of thiophene rings is 1. The summed E-state index contributed by atoms with van der Waals surface area (Å²) >= 11 is 6.71. The number of hydrogen-bond acceptors (Lipinski definition) is 5. The highest BCUT2D eigenvalue weighted by Gasteiger charge is 2.07. The first kappa shape index (κ1) is 11.8. The van der Waals surface area contributed by atoms with Gasteiger partial charge in [0.1, 0.15) is 5.82 Å². The second-order valence-electron chi connectivity index (χ2n) is 3.48. The molecular weight excluding hydrogens is 330 g/mol. The molecule has 18 heavy (non-hydrogen) atoms. The highest BCUT2D eigenvalue weighted by atomic mass is 79.9. The van der Waals surface area contributed by atoms with Crippen LogP contribution < -0.4 is 5.32 Å². The predicted molar refractivity (Wildman–Crippen MR) is 80.6 cm³/mol. The van der Waals surface area contributed by atoms with Gasteiger partial charge in [0.2, 0.25) is 0 Å². The van der Waals surface area contributed by atoms with Crippen molar-refractivity contribution < 1.29 is 0 Å². The molecule has 3 aromatic heterocycles. The van der Waals surface area contributed by atoms with Crippen molar-refractivity contribution in [3.63, 3.8) is 0 Å². The minimum atomic E-state index is 0.811. The van der Waals surface area contributed by atoms with Gasteiger partial charge in [0, 0.05) is 11.6 Å². The molecule has 0 bridgehead atoms. The highest BCUT2D eigenvalue weighted by Crippen LogP contribution is 2.33. The average Bonchev–Trinajstić information content (AvgIpc) is 2.99. The van der Waals surface area contributed by atoms with E-state index in [1.165, 1.54) is 0 Å². The van der Waals surface area contributed by atoms with Crippen molar-refractivity contribution in [1.29, 1.82) is 0 Å². The van der Waals surface area contributed by atoms with Crippen LogP contribution in [0.2, 0.25) is 0 Å². The summed E-state index contributed by atoms with van der Waals surface area (Å²) in [6, 6.07) is 9.85. The van der Waals surface area contributed by atoms with E-state index in [-0.39, 0.29) is 0 Å². The lowest BCUT2D eigenvalue weighted by molar-refractivity contribution is 1.29. The van der Waals surface area contributed by atoms with Gasteiger partial charge in [0.05, 0.1) is 14.4 Å². The Kier molecular flexibility index (Phi) is 3.40. The molecule has 0 aliphatic heterocycles. The van der Waals surface area contributed by atoms with E-state index >= 15 is 0 Å². The predicted octanol–water partition coefficient (Wildman–Crippen LogP) is 4.77. The molecule has 0 radical (unpaired) electrons. The molecule has 6 heteroatoms. The van der Waals surface area contributed by atoms with Crippen LogP contribution in [0.25, 0.3) is 10.6 Å². The summed E-state index contributed by atoms with van der Waals surface area (Å²) < 4.78 is 1.12. The van der Waals surface area contributed by atoms with Gasteiger partial charge in [0.15, 0.2) is 5.13 Å². The quantitative estimate of drug-likeness (QED) is 0.747. The molecule has 0 saturated heterocycles. The number of nitrogens with one attached hydrogen (secondary N) is 1. The lowest BCUT2D eigenvalue weighted by Gasteiger charge is -1.99. The molecule has 90 valence electrons. The van der Waals surface area contributed by atoms with Gasteiger partial charge in [-0.25, -0.2) is 9.97 Å². The van der Waals surface area contributed by atoms with Crippen molar-refractivity contribution >= 4 is 49.6 Å². The summed E-state index contributed by atoms with van der Waals surface area (Å²) in [5, 5.41) is 6.09. The van der Waals surface area contributed by atoms with Gasteiger partial charge in [-0.3, -0.25) is 0 Å². The molecule has 0 aliphatic carbocycles. The van der Waals surface area contributed by atoms with Crippen molar-refractivity contribution in [3.05, 3.63) is 45.7 Å². The first-order chi connectivity index (χ1) is 8.81. The van der Waals surface area contributed by atoms with E-state index in [2.05, 4.69) is 37.3 Å². The smallest absolute Gasteiger partial charge is 0.188 e. The van der Waals surface area contributed by atoms with Crippen molar-refractivity contribution in [2.75, 3.05) is 5.32 Å². The van der Waals surface area contributed by atoms with Gasteiger partial charge in [-0.1, -0.05) is 6.07 Å². The van der Waals surface area contributed by atoms with Crippen LogP contribution in [0.3, 0.4) is 0 Å². The topological polar surface area (TPSA) is 37.8 Å². The molecule has 0 unspecified atom stereocenters. The molecule has 1 N–H and O–H groups in total. The zero-order valence-corrected chi connectivity index (χ0v) is 12.3. The molecule has 0 saturated carbocycles. The van der Waals surface area contributed by atoms with E-state index in [0.29, 0.717) is 0 Å². The Morgan fingerprint density at radius 2 is 2.11 bits per heavy atom. The Labute approximate surface area is 121 Å². The summed E-state index contributed by atoms with van der Waals surface area (Å²) in [6.07, 6.45) is 1.76. The Bertz CT molecular complexity index is 648. The molecule has 3 aromatic rings. The summed E-state index contributed by atoms with van der Waals surface area (Å²) in [5.41, 5.74) is 0.995. The number of halogens is 1. The maximum absolute atomic E-state index is 4.55. The number of thiazole rings is 1. The van der Waals surface area contributed by atoms with E-state index < -0.39 is 0 Å². The van der Waals surface area contributed by atoms with Crippen molar-refractivity contribution in [3.8, 4) is 10.6 Å². The van der Waals surface area contributed by atoms with Crippen LogP contribution in [0, 0.1) is 0 Å². The SMILES string of the molecule is Brc1ccc(-c2csc(Nc3ccccn3)n2)s1. The van der Waals surface area contributed by atoms with E-state index in [1.54, 1.807) is 28.9 Å². The Morgan fingerprint density at radius 1 is 1.17 bits per heavy atom. The second-order valence-corrected chi connectivity index (χ2v) is 6.80. The third kappa shape index (κ3) is 2.60. The molecule has 3 nitrogen and oxygen atoms in total. The molecule has 0 fully saturated rings. The maximum atomic E-state index is 4.55. The summed E-state index contributed by atoms with van der Waals surface area (Å²) in [6.45, 7) is 0. The molecule has 0 atom stereocenters. The fourth-order valence-electron chi connectivity index (χ4n) is 1.44. The summed E-state index contributed by atoms with van der Waals surface area (Å²) in [4.78, 5) is 9.92. The fraction of sp³-hybridized carbons (Fsp3) is 0. The van der Waals surface area contributed by atoms with E-state index in [4.69, 9.17) is 0 Å². The van der Waals surface area contributed by atoms with Gasteiger partial charge >= 0.3 is 0 Å². The molecule has 0 aliphatic rings. The molecule has 0 amide bonds. The molecule has 3 heterocycles. The van der Waals surface area contributed by atoms with Gasteiger partial charge in [-0.05, 0) is 40.2 Å². The van der Waals surface area contributed by atoms with Crippen LogP contribution in [0.1, 0.15) is 0 Å². The molecular formula is C12H8BrN3S2. The van der Waals surface area contributed by atoms with Crippen molar-refractivity contribution in [2.45, 2.75) is 0 Å². The Balaban J connectivity index is 1.82. The van der Waals surface area contributed by atoms with Crippen LogP contribution in [-0.4, -0.2) is 9.97 Å². The summed E-state index contributed by atoms with van der Waals surface area (Å²) in [5.74, 6) is 0.811. The van der Waals surface area contributed by atoms with E-state index in [1.807, 2.05) is 29.6 Å². The van der Waals surface area contributed by atoms with Crippen LogP contribution >= 0.6 is 38.6 Å². The first-order valence-electron chi connectivity index (χ1n) is 5.20. The van der Waals surface area contributed by atoms with Gasteiger partial charge < -0.3 is 5.32 Å². The number of nitrogens with zero attached hydrogens (tertiary/aromatic N) is 2. The molecule has 3 rings (SSSR count). The van der Waals surface area contributed by atoms with Crippen LogP contribution in [0.4, 0.5) is 10.9 Å². The monoisotopic (exact) mass is 337 g/mol. The highest BCUT2D eigenvalue weighted by molar-refractivity contribution is 9.11. The average molecular weight is 338 g/mol. The van der Waals surface area contributed by atoms with Crippen LogP contribution in [0.5, 0.6) is 0 Å².